The summed E-state index contributed by atoms with van der Waals surface area (Å²) in [4.78, 5) is 3.95. The second-order valence-electron chi connectivity index (χ2n) is 3.81. The molecule has 2 aromatic rings. The molecule has 0 amide bonds. The lowest BCUT2D eigenvalue weighted by molar-refractivity contribution is 0.0243. The first kappa shape index (κ1) is 11.8. The maximum absolute atomic E-state index is 9.76. The van der Waals surface area contributed by atoms with Crippen molar-refractivity contribution >= 4 is 0 Å². The maximum atomic E-state index is 9.76. The molecule has 2 rings (SSSR count). The topological polar surface area (TPSA) is 84.3 Å². The van der Waals surface area contributed by atoms with Gasteiger partial charge in [0.25, 0.3) is 0 Å². The van der Waals surface area contributed by atoms with Gasteiger partial charge in [-0.2, -0.15) is 0 Å². The van der Waals surface area contributed by atoms with E-state index < -0.39 is 12.2 Å². The third kappa shape index (κ3) is 2.52. The van der Waals surface area contributed by atoms with Crippen LogP contribution in [-0.4, -0.2) is 32.4 Å². The minimum atomic E-state index is -0.947. The van der Waals surface area contributed by atoms with Crippen molar-refractivity contribution in [3.8, 4) is 5.69 Å². The van der Waals surface area contributed by atoms with Crippen LogP contribution in [0.5, 0.6) is 0 Å². The summed E-state index contributed by atoms with van der Waals surface area (Å²) >= 11 is 0. The van der Waals surface area contributed by atoms with Crippen LogP contribution in [0.25, 0.3) is 5.69 Å². The molecule has 4 N–H and O–H groups in total. The molecule has 0 aliphatic rings. The molecule has 1 heterocycles. The monoisotopic (exact) mass is 233 g/mol. The smallest absolute Gasteiger partial charge is 0.106 e. The predicted molar refractivity (Wildman–Crippen MR) is 63.6 cm³/mol. The Morgan fingerprint density at radius 1 is 1.24 bits per heavy atom. The van der Waals surface area contributed by atoms with Crippen molar-refractivity contribution in [1.29, 1.82) is 0 Å². The van der Waals surface area contributed by atoms with Gasteiger partial charge >= 0.3 is 0 Å². The standard InChI is InChI=1S/C12H15N3O2/c13-7-11(16)12(17)9-1-3-10(4-2-9)15-6-5-14-8-15/h1-6,8,11-12,16-17H,7,13H2. The molecule has 2 atom stereocenters. The molecule has 17 heavy (non-hydrogen) atoms. The summed E-state index contributed by atoms with van der Waals surface area (Å²) in [5.74, 6) is 0. The van der Waals surface area contributed by atoms with Crippen LogP contribution in [0, 0.1) is 0 Å². The second-order valence-corrected chi connectivity index (χ2v) is 3.81. The summed E-state index contributed by atoms with van der Waals surface area (Å²) in [6, 6.07) is 7.23. The van der Waals surface area contributed by atoms with Gasteiger partial charge in [-0.15, -0.1) is 0 Å². The van der Waals surface area contributed by atoms with Crippen LogP contribution in [0.3, 0.4) is 0 Å². The Morgan fingerprint density at radius 3 is 2.47 bits per heavy atom. The normalized spacial score (nSPS) is 14.5. The van der Waals surface area contributed by atoms with Gasteiger partial charge in [-0.05, 0) is 17.7 Å². The summed E-state index contributed by atoms with van der Waals surface area (Å²) in [6.45, 7) is 0.0322. The molecule has 5 nitrogen and oxygen atoms in total. The highest BCUT2D eigenvalue weighted by molar-refractivity contribution is 5.35. The van der Waals surface area contributed by atoms with E-state index in [1.807, 2.05) is 22.9 Å². The average Bonchev–Trinajstić information content (AvgIpc) is 2.91. The van der Waals surface area contributed by atoms with Crippen molar-refractivity contribution in [2.75, 3.05) is 6.54 Å². The number of benzene rings is 1. The molecule has 0 saturated heterocycles. The first-order valence-corrected chi connectivity index (χ1v) is 5.37. The molecule has 90 valence electrons. The molecular formula is C12H15N3O2. The van der Waals surface area contributed by atoms with Gasteiger partial charge in [0, 0.05) is 24.6 Å². The van der Waals surface area contributed by atoms with E-state index in [2.05, 4.69) is 4.98 Å². The number of imidazole rings is 1. The molecule has 0 aliphatic carbocycles. The van der Waals surface area contributed by atoms with E-state index in [-0.39, 0.29) is 6.54 Å². The Morgan fingerprint density at radius 2 is 1.94 bits per heavy atom. The number of aromatic nitrogens is 2. The van der Waals surface area contributed by atoms with Gasteiger partial charge in [-0.1, -0.05) is 12.1 Å². The zero-order valence-electron chi connectivity index (χ0n) is 9.27. The van der Waals surface area contributed by atoms with E-state index in [1.165, 1.54) is 0 Å². The van der Waals surface area contributed by atoms with Crippen molar-refractivity contribution in [2.45, 2.75) is 12.2 Å². The summed E-state index contributed by atoms with van der Waals surface area (Å²) in [7, 11) is 0. The van der Waals surface area contributed by atoms with Gasteiger partial charge in [0.05, 0.1) is 12.4 Å². The largest absolute Gasteiger partial charge is 0.389 e. The lowest BCUT2D eigenvalue weighted by atomic mass is 10.0. The Hall–Kier alpha value is -1.69. The molecule has 0 aliphatic heterocycles. The first-order chi connectivity index (χ1) is 8.22. The Labute approximate surface area is 99.2 Å². The predicted octanol–water partition coefficient (Wildman–Crippen LogP) is 0.225. The quantitative estimate of drug-likeness (QED) is 0.705. The molecule has 0 spiro atoms. The zero-order chi connectivity index (χ0) is 12.3. The number of nitrogens with two attached hydrogens (primary N) is 1. The fourth-order valence-electron chi connectivity index (χ4n) is 1.61. The van der Waals surface area contributed by atoms with Crippen LogP contribution in [0.2, 0.25) is 0 Å². The van der Waals surface area contributed by atoms with Crippen molar-refractivity contribution in [1.82, 2.24) is 9.55 Å². The van der Waals surface area contributed by atoms with Crippen LogP contribution in [0.15, 0.2) is 43.0 Å². The van der Waals surface area contributed by atoms with Crippen LogP contribution < -0.4 is 5.73 Å². The number of nitrogens with zero attached hydrogens (tertiary/aromatic N) is 2. The van der Waals surface area contributed by atoms with E-state index in [0.29, 0.717) is 5.56 Å². The van der Waals surface area contributed by atoms with E-state index in [0.717, 1.165) is 5.69 Å². The van der Waals surface area contributed by atoms with Gasteiger partial charge in [-0.25, -0.2) is 4.98 Å². The number of hydrogen-bond donors (Lipinski definition) is 3. The molecule has 0 bridgehead atoms. The number of aliphatic hydroxyl groups is 2. The number of hydrogen-bond acceptors (Lipinski definition) is 4. The summed E-state index contributed by atoms with van der Waals surface area (Å²) in [5, 5.41) is 19.2. The van der Waals surface area contributed by atoms with Crippen molar-refractivity contribution in [2.24, 2.45) is 5.73 Å². The minimum absolute atomic E-state index is 0.0322. The van der Waals surface area contributed by atoms with E-state index in [9.17, 15) is 10.2 Å². The molecule has 2 unspecified atom stereocenters. The average molecular weight is 233 g/mol. The third-order valence-electron chi connectivity index (χ3n) is 2.64. The first-order valence-electron chi connectivity index (χ1n) is 5.37. The molecule has 1 aromatic carbocycles. The summed E-state index contributed by atoms with van der Waals surface area (Å²) in [6.07, 6.45) is 3.34. The lowest BCUT2D eigenvalue weighted by Crippen LogP contribution is -2.27. The van der Waals surface area contributed by atoms with Gasteiger partial charge in [0.1, 0.15) is 6.10 Å². The molecular weight excluding hydrogens is 218 g/mol. The highest BCUT2D eigenvalue weighted by Crippen LogP contribution is 2.18. The fraction of sp³-hybridized carbons (Fsp3) is 0.250. The number of aliphatic hydroxyl groups excluding tert-OH is 2. The lowest BCUT2D eigenvalue weighted by Gasteiger charge is -2.16. The Bertz CT molecular complexity index is 453. The van der Waals surface area contributed by atoms with Crippen molar-refractivity contribution in [3.05, 3.63) is 48.5 Å². The van der Waals surface area contributed by atoms with Crippen molar-refractivity contribution in [3.63, 3.8) is 0 Å². The molecule has 0 fully saturated rings. The molecule has 5 heteroatoms. The minimum Gasteiger partial charge on any atom is -0.389 e. The van der Waals surface area contributed by atoms with Gasteiger partial charge < -0.3 is 20.5 Å². The summed E-state index contributed by atoms with van der Waals surface area (Å²) in [5.41, 5.74) is 6.89. The van der Waals surface area contributed by atoms with E-state index >= 15 is 0 Å². The summed E-state index contributed by atoms with van der Waals surface area (Å²) < 4.78 is 1.86. The van der Waals surface area contributed by atoms with Gasteiger partial charge in [-0.3, -0.25) is 0 Å². The van der Waals surface area contributed by atoms with Crippen LogP contribution >= 0.6 is 0 Å². The van der Waals surface area contributed by atoms with Crippen LogP contribution in [-0.2, 0) is 0 Å². The second kappa shape index (κ2) is 5.09. The molecule has 0 radical (unpaired) electrons. The van der Waals surface area contributed by atoms with Crippen molar-refractivity contribution < 1.29 is 10.2 Å². The Balaban J connectivity index is 2.18. The maximum Gasteiger partial charge on any atom is 0.106 e. The highest BCUT2D eigenvalue weighted by atomic mass is 16.3. The van der Waals surface area contributed by atoms with Gasteiger partial charge in [0.2, 0.25) is 0 Å². The highest BCUT2D eigenvalue weighted by Gasteiger charge is 2.16. The van der Waals surface area contributed by atoms with E-state index in [4.69, 9.17) is 5.73 Å². The van der Waals surface area contributed by atoms with Crippen LogP contribution in [0.4, 0.5) is 0 Å². The zero-order valence-corrected chi connectivity index (χ0v) is 9.27. The SMILES string of the molecule is NCC(O)C(O)c1ccc(-n2ccnc2)cc1. The van der Waals surface area contributed by atoms with E-state index in [1.54, 1.807) is 24.7 Å². The van der Waals surface area contributed by atoms with Gasteiger partial charge in [0.15, 0.2) is 0 Å². The molecule has 1 aromatic heterocycles. The van der Waals surface area contributed by atoms with Crippen LogP contribution in [0.1, 0.15) is 11.7 Å². The fourth-order valence-corrected chi connectivity index (χ4v) is 1.61. The third-order valence-corrected chi connectivity index (χ3v) is 2.64. The Kier molecular flexibility index (Phi) is 3.53. The number of rotatable bonds is 4. The molecule has 0 saturated carbocycles.